The van der Waals surface area contributed by atoms with Crippen molar-refractivity contribution in [3.05, 3.63) is 48.4 Å². The van der Waals surface area contributed by atoms with Crippen molar-refractivity contribution in [3.63, 3.8) is 0 Å². The van der Waals surface area contributed by atoms with Crippen molar-refractivity contribution in [1.29, 1.82) is 0 Å². The molecule has 0 saturated carbocycles. The van der Waals surface area contributed by atoms with Gasteiger partial charge in [0.15, 0.2) is 0 Å². The second kappa shape index (κ2) is 5.79. The van der Waals surface area contributed by atoms with Crippen molar-refractivity contribution in [3.8, 4) is 11.3 Å². The highest BCUT2D eigenvalue weighted by Gasteiger charge is 2.19. The Morgan fingerprint density at radius 1 is 1.20 bits per heavy atom. The maximum absolute atomic E-state index is 11.9. The summed E-state index contributed by atoms with van der Waals surface area (Å²) in [6.07, 6.45) is 5.28. The lowest BCUT2D eigenvalue weighted by molar-refractivity contribution is -0.132. The van der Waals surface area contributed by atoms with E-state index in [1.165, 1.54) is 0 Å². The first kappa shape index (κ1) is 12.7. The van der Waals surface area contributed by atoms with Crippen molar-refractivity contribution in [2.24, 2.45) is 0 Å². The molecule has 1 N–H and O–H groups in total. The minimum Gasteiger partial charge on any atom is -0.336 e. The smallest absolute Gasteiger partial charge is 0.236 e. The van der Waals surface area contributed by atoms with Gasteiger partial charge in [-0.3, -0.25) is 14.8 Å². The molecule has 2 aromatic heterocycles. The van der Waals surface area contributed by atoms with Gasteiger partial charge < -0.3 is 10.2 Å². The molecule has 1 fully saturated rings. The van der Waals surface area contributed by atoms with Gasteiger partial charge in [-0.1, -0.05) is 6.07 Å². The Labute approximate surface area is 117 Å². The highest BCUT2D eigenvalue weighted by atomic mass is 16.2. The maximum Gasteiger partial charge on any atom is 0.236 e. The first-order chi connectivity index (χ1) is 9.84. The minimum absolute atomic E-state index is 0.140. The summed E-state index contributed by atoms with van der Waals surface area (Å²) < 4.78 is 0. The molecule has 5 nitrogen and oxygen atoms in total. The van der Waals surface area contributed by atoms with Gasteiger partial charge in [0.2, 0.25) is 5.91 Å². The fourth-order valence-electron chi connectivity index (χ4n) is 2.35. The molecule has 0 aliphatic carbocycles. The number of pyridine rings is 2. The summed E-state index contributed by atoms with van der Waals surface area (Å²) in [6.45, 7) is 2.61. The number of hydrogen-bond donors (Lipinski definition) is 1. The third-order valence-corrected chi connectivity index (χ3v) is 3.39. The van der Waals surface area contributed by atoms with E-state index in [1.807, 2.05) is 29.2 Å². The number of piperazine rings is 1. The highest BCUT2D eigenvalue weighted by molar-refractivity contribution is 5.79. The first-order valence-electron chi connectivity index (χ1n) is 6.67. The number of nitrogens with zero attached hydrogens (tertiary/aromatic N) is 3. The van der Waals surface area contributed by atoms with E-state index in [-0.39, 0.29) is 5.91 Å². The average molecular weight is 268 g/mol. The van der Waals surface area contributed by atoms with Crippen LogP contribution in [0.25, 0.3) is 11.3 Å². The zero-order valence-corrected chi connectivity index (χ0v) is 11.1. The number of aromatic nitrogens is 2. The Morgan fingerprint density at radius 2 is 2.05 bits per heavy atom. The molecule has 3 rings (SSSR count). The molecular weight excluding hydrogens is 252 g/mol. The number of rotatable bonds is 3. The first-order valence-corrected chi connectivity index (χ1v) is 6.67. The van der Waals surface area contributed by atoms with E-state index in [1.54, 1.807) is 18.6 Å². The lowest BCUT2D eigenvalue weighted by atomic mass is 10.1. The Balaban J connectivity index is 1.88. The Morgan fingerprint density at radius 3 is 2.85 bits per heavy atom. The van der Waals surface area contributed by atoms with Gasteiger partial charge in [-0.05, 0) is 23.8 Å². The van der Waals surface area contributed by atoms with Gasteiger partial charge >= 0.3 is 0 Å². The van der Waals surface area contributed by atoms with Crippen LogP contribution >= 0.6 is 0 Å². The van der Waals surface area contributed by atoms with Crippen LogP contribution in [0.3, 0.4) is 0 Å². The molecule has 0 aromatic carbocycles. The molecule has 1 amide bonds. The van der Waals surface area contributed by atoms with Gasteiger partial charge in [-0.2, -0.15) is 0 Å². The second-order valence-corrected chi connectivity index (χ2v) is 4.74. The van der Waals surface area contributed by atoms with Crippen molar-refractivity contribution in [2.45, 2.75) is 6.54 Å². The molecule has 0 unspecified atom stereocenters. The van der Waals surface area contributed by atoms with Crippen LogP contribution in [-0.4, -0.2) is 40.4 Å². The quantitative estimate of drug-likeness (QED) is 0.905. The van der Waals surface area contributed by atoms with Gasteiger partial charge in [0.05, 0.1) is 12.2 Å². The van der Waals surface area contributed by atoms with Crippen molar-refractivity contribution in [1.82, 2.24) is 20.2 Å². The standard InChI is InChI=1S/C15H16N4O/c20-14-10-17-8-9-19(14)11-13-2-1-5-18-15(13)12-3-6-16-7-4-12/h1-7,17H,8-11H2. The lowest BCUT2D eigenvalue weighted by Gasteiger charge is -2.28. The molecule has 1 aliphatic rings. The molecule has 2 aromatic rings. The average Bonchev–Trinajstić information content (AvgIpc) is 2.51. The fourth-order valence-corrected chi connectivity index (χ4v) is 2.35. The highest BCUT2D eigenvalue weighted by Crippen LogP contribution is 2.21. The Bertz CT molecular complexity index is 600. The Kier molecular flexibility index (Phi) is 3.69. The summed E-state index contributed by atoms with van der Waals surface area (Å²) in [5.41, 5.74) is 3.01. The van der Waals surface area contributed by atoms with Gasteiger partial charge in [-0.25, -0.2) is 0 Å². The second-order valence-electron chi connectivity index (χ2n) is 4.74. The monoisotopic (exact) mass is 268 g/mol. The third kappa shape index (κ3) is 2.67. The third-order valence-electron chi connectivity index (χ3n) is 3.39. The normalized spacial score (nSPS) is 15.4. The van der Waals surface area contributed by atoms with E-state index < -0.39 is 0 Å². The van der Waals surface area contributed by atoms with Crippen LogP contribution in [0.5, 0.6) is 0 Å². The van der Waals surface area contributed by atoms with E-state index in [4.69, 9.17) is 0 Å². The fraction of sp³-hybridized carbons (Fsp3) is 0.267. The van der Waals surface area contributed by atoms with Gasteiger partial charge in [0.25, 0.3) is 0 Å². The predicted octanol–water partition coefficient (Wildman–Crippen LogP) is 1.08. The number of amides is 1. The van der Waals surface area contributed by atoms with Crippen LogP contribution in [0.15, 0.2) is 42.9 Å². The molecule has 102 valence electrons. The summed E-state index contributed by atoms with van der Waals surface area (Å²) in [6, 6.07) is 7.81. The van der Waals surface area contributed by atoms with E-state index in [0.29, 0.717) is 13.1 Å². The Hall–Kier alpha value is -2.27. The molecule has 0 radical (unpaired) electrons. The minimum atomic E-state index is 0.140. The van der Waals surface area contributed by atoms with Crippen molar-refractivity contribution < 1.29 is 4.79 Å². The summed E-state index contributed by atoms with van der Waals surface area (Å²) in [5.74, 6) is 0.140. The molecule has 1 aliphatic heterocycles. The zero-order valence-electron chi connectivity index (χ0n) is 11.1. The number of hydrogen-bond acceptors (Lipinski definition) is 4. The summed E-state index contributed by atoms with van der Waals surface area (Å²) >= 11 is 0. The summed E-state index contributed by atoms with van der Waals surface area (Å²) in [4.78, 5) is 22.2. The molecule has 0 atom stereocenters. The summed E-state index contributed by atoms with van der Waals surface area (Å²) in [5, 5.41) is 3.08. The van der Waals surface area contributed by atoms with Crippen LogP contribution in [0.1, 0.15) is 5.56 Å². The van der Waals surface area contributed by atoms with Gasteiger partial charge in [0.1, 0.15) is 0 Å². The molecule has 20 heavy (non-hydrogen) atoms. The van der Waals surface area contributed by atoms with Crippen LogP contribution in [0.4, 0.5) is 0 Å². The zero-order chi connectivity index (χ0) is 13.8. The van der Waals surface area contributed by atoms with Gasteiger partial charge in [0, 0.05) is 43.8 Å². The molecular formula is C15H16N4O. The van der Waals surface area contributed by atoms with Crippen molar-refractivity contribution >= 4 is 5.91 Å². The lowest BCUT2D eigenvalue weighted by Crippen LogP contribution is -2.47. The molecule has 3 heterocycles. The molecule has 0 bridgehead atoms. The van der Waals surface area contributed by atoms with Gasteiger partial charge in [-0.15, -0.1) is 0 Å². The maximum atomic E-state index is 11.9. The molecule has 0 spiro atoms. The topological polar surface area (TPSA) is 58.1 Å². The van der Waals surface area contributed by atoms with Crippen molar-refractivity contribution in [2.75, 3.05) is 19.6 Å². The number of carbonyl (C=O) groups is 1. The number of nitrogens with one attached hydrogen (secondary N) is 1. The van der Waals surface area contributed by atoms with E-state index in [9.17, 15) is 4.79 Å². The van der Waals surface area contributed by atoms with Crippen LogP contribution < -0.4 is 5.32 Å². The predicted molar refractivity (Wildman–Crippen MR) is 75.8 cm³/mol. The molecule has 5 heteroatoms. The SMILES string of the molecule is O=C1CNCCN1Cc1cccnc1-c1ccncc1. The van der Waals surface area contributed by atoms with Crippen LogP contribution in [0.2, 0.25) is 0 Å². The van der Waals surface area contributed by atoms with E-state index in [2.05, 4.69) is 15.3 Å². The van der Waals surface area contributed by atoms with Crippen LogP contribution in [-0.2, 0) is 11.3 Å². The summed E-state index contributed by atoms with van der Waals surface area (Å²) in [7, 11) is 0. The largest absolute Gasteiger partial charge is 0.336 e. The molecule has 1 saturated heterocycles. The van der Waals surface area contributed by atoms with E-state index >= 15 is 0 Å². The number of carbonyl (C=O) groups excluding carboxylic acids is 1. The van der Waals surface area contributed by atoms with E-state index in [0.717, 1.165) is 29.9 Å². The van der Waals surface area contributed by atoms with Crippen LogP contribution in [0, 0.1) is 0 Å².